The zero-order valence-electron chi connectivity index (χ0n) is 17.0. The van der Waals surface area contributed by atoms with Crippen LogP contribution < -0.4 is 11.2 Å². The third kappa shape index (κ3) is 2.84. The third-order valence-corrected chi connectivity index (χ3v) is 6.13. The van der Waals surface area contributed by atoms with Crippen LogP contribution in [0.4, 0.5) is 5.95 Å². The number of benzene rings is 1. The van der Waals surface area contributed by atoms with Crippen LogP contribution in [0.3, 0.4) is 0 Å². The second-order valence-electron chi connectivity index (χ2n) is 7.32. The van der Waals surface area contributed by atoms with Crippen molar-refractivity contribution >= 4 is 34.3 Å². The van der Waals surface area contributed by atoms with Crippen molar-refractivity contribution < 1.29 is 5.11 Å². The molecule has 0 spiro atoms. The van der Waals surface area contributed by atoms with Gasteiger partial charge < -0.3 is 10.1 Å². The predicted octanol–water partition coefficient (Wildman–Crippen LogP) is 1.70. The lowest BCUT2D eigenvalue weighted by Gasteiger charge is -2.23. The Morgan fingerprint density at radius 1 is 1.19 bits per heavy atom. The van der Waals surface area contributed by atoms with Crippen LogP contribution in [0.25, 0.3) is 10.9 Å². The average Bonchev–Trinajstić information content (AvgIpc) is 3.40. The van der Waals surface area contributed by atoms with Crippen LogP contribution in [0.1, 0.15) is 23.6 Å². The van der Waals surface area contributed by atoms with Gasteiger partial charge >= 0.3 is 5.69 Å². The van der Waals surface area contributed by atoms with Gasteiger partial charge in [-0.1, -0.05) is 30.0 Å². The van der Waals surface area contributed by atoms with Crippen LogP contribution in [0, 0.1) is 0 Å². The van der Waals surface area contributed by atoms with E-state index in [1.165, 1.54) is 25.9 Å². The summed E-state index contributed by atoms with van der Waals surface area (Å²) in [6.45, 7) is 0. The highest BCUT2D eigenvalue weighted by molar-refractivity contribution is 7.98. The molecule has 3 aromatic heterocycles. The molecule has 1 aliphatic heterocycles. The summed E-state index contributed by atoms with van der Waals surface area (Å²) in [4.78, 5) is 37.4. The summed E-state index contributed by atoms with van der Waals surface area (Å²) in [6, 6.07) is 7.62. The number of hydrogen-bond donors (Lipinski definition) is 2. The van der Waals surface area contributed by atoms with E-state index in [4.69, 9.17) is 0 Å². The first-order valence-corrected chi connectivity index (χ1v) is 10.8. The summed E-state index contributed by atoms with van der Waals surface area (Å²) in [5.74, 6) is -0.0706. The number of H-pyrrole nitrogens is 1. The van der Waals surface area contributed by atoms with E-state index in [0.29, 0.717) is 23.2 Å². The largest absolute Gasteiger partial charge is 0.494 e. The number of aromatic hydroxyl groups is 1. The van der Waals surface area contributed by atoms with Crippen LogP contribution in [-0.4, -0.2) is 46.0 Å². The molecule has 1 atom stereocenters. The van der Waals surface area contributed by atoms with Crippen LogP contribution in [0.5, 0.6) is 5.88 Å². The lowest BCUT2D eigenvalue weighted by molar-refractivity contribution is 0.409. The molecule has 0 aliphatic carbocycles. The SMILES string of the molecule is CSc1nc2n(n1)[C@H](c1c[nH]c3ccccc13)CC(c1c(O)n(C)c(=O)n(C)c1=O)=N2. The van der Waals surface area contributed by atoms with Gasteiger partial charge in [0.25, 0.3) is 5.56 Å². The van der Waals surface area contributed by atoms with Crippen molar-refractivity contribution in [1.82, 2.24) is 28.9 Å². The van der Waals surface area contributed by atoms with Crippen molar-refractivity contribution in [1.29, 1.82) is 0 Å². The van der Waals surface area contributed by atoms with E-state index in [1.54, 1.807) is 4.68 Å². The molecule has 5 rings (SSSR count). The molecule has 0 radical (unpaired) electrons. The Balaban J connectivity index is 1.75. The van der Waals surface area contributed by atoms with E-state index in [-0.39, 0.29) is 11.6 Å². The molecule has 11 heteroatoms. The molecule has 4 heterocycles. The number of fused-ring (bicyclic) bond motifs is 2. The van der Waals surface area contributed by atoms with Gasteiger partial charge in [-0.2, -0.15) is 4.98 Å². The van der Waals surface area contributed by atoms with Crippen molar-refractivity contribution in [2.75, 3.05) is 6.26 Å². The first-order valence-electron chi connectivity index (χ1n) is 9.54. The summed E-state index contributed by atoms with van der Waals surface area (Å²) in [6.07, 6.45) is 4.09. The second kappa shape index (κ2) is 6.98. The van der Waals surface area contributed by atoms with Gasteiger partial charge in [-0.3, -0.25) is 13.9 Å². The van der Waals surface area contributed by atoms with E-state index >= 15 is 0 Å². The third-order valence-electron chi connectivity index (χ3n) is 5.60. The van der Waals surface area contributed by atoms with Crippen molar-refractivity contribution in [3.63, 3.8) is 0 Å². The van der Waals surface area contributed by atoms with E-state index in [9.17, 15) is 14.7 Å². The smallest absolute Gasteiger partial charge is 0.333 e. The molecule has 1 aliphatic rings. The minimum absolute atomic E-state index is 0.00519. The lowest BCUT2D eigenvalue weighted by Crippen LogP contribution is -2.40. The summed E-state index contributed by atoms with van der Waals surface area (Å²) in [5.41, 5.74) is 1.10. The Morgan fingerprint density at radius 2 is 1.97 bits per heavy atom. The van der Waals surface area contributed by atoms with Gasteiger partial charge in [0.15, 0.2) is 0 Å². The number of rotatable bonds is 3. The summed E-state index contributed by atoms with van der Waals surface area (Å²) in [7, 11) is 2.79. The highest BCUT2D eigenvalue weighted by atomic mass is 32.2. The molecular formula is C20H19N7O3S. The van der Waals surface area contributed by atoms with Crippen molar-refractivity contribution in [3.05, 3.63) is 62.4 Å². The molecule has 0 amide bonds. The number of aromatic nitrogens is 6. The second-order valence-corrected chi connectivity index (χ2v) is 8.09. The maximum atomic E-state index is 12.9. The van der Waals surface area contributed by atoms with Gasteiger partial charge in [0.1, 0.15) is 5.56 Å². The Labute approximate surface area is 179 Å². The zero-order valence-corrected chi connectivity index (χ0v) is 17.8. The van der Waals surface area contributed by atoms with E-state index in [1.807, 2.05) is 36.7 Å². The first kappa shape index (κ1) is 19.4. The van der Waals surface area contributed by atoms with Crippen LogP contribution in [0.2, 0.25) is 0 Å². The first-order chi connectivity index (χ1) is 14.9. The topological polar surface area (TPSA) is 123 Å². The van der Waals surface area contributed by atoms with Gasteiger partial charge in [-0.25, -0.2) is 14.5 Å². The van der Waals surface area contributed by atoms with E-state index in [0.717, 1.165) is 25.6 Å². The number of aliphatic imine (C=N–C) groups is 1. The number of thioether (sulfide) groups is 1. The number of nitrogens with one attached hydrogen (secondary N) is 1. The maximum Gasteiger partial charge on any atom is 0.333 e. The summed E-state index contributed by atoms with van der Waals surface area (Å²) < 4.78 is 3.74. The monoisotopic (exact) mass is 437 g/mol. The summed E-state index contributed by atoms with van der Waals surface area (Å²) in [5, 5.41) is 16.8. The lowest BCUT2D eigenvalue weighted by atomic mass is 9.96. The fourth-order valence-corrected chi connectivity index (χ4v) is 4.30. The van der Waals surface area contributed by atoms with Gasteiger partial charge in [-0.05, 0) is 12.3 Å². The molecule has 0 unspecified atom stereocenters. The zero-order chi connectivity index (χ0) is 21.9. The normalized spacial score (nSPS) is 15.8. The number of para-hydroxylation sites is 1. The molecule has 0 saturated carbocycles. The molecule has 0 bridgehead atoms. The molecule has 1 aromatic carbocycles. The Morgan fingerprint density at radius 3 is 2.74 bits per heavy atom. The van der Waals surface area contributed by atoms with Crippen molar-refractivity contribution in [3.8, 4) is 5.88 Å². The van der Waals surface area contributed by atoms with Crippen LogP contribution in [-0.2, 0) is 14.1 Å². The maximum absolute atomic E-state index is 12.9. The fraction of sp³-hybridized carbons (Fsp3) is 0.250. The van der Waals surface area contributed by atoms with Crippen molar-refractivity contribution in [2.24, 2.45) is 19.1 Å². The molecule has 10 nitrogen and oxygen atoms in total. The number of nitrogens with zero attached hydrogens (tertiary/aromatic N) is 6. The number of hydrogen-bond acceptors (Lipinski definition) is 7. The van der Waals surface area contributed by atoms with Gasteiger partial charge in [0, 0.05) is 43.2 Å². The molecule has 0 fully saturated rings. The predicted molar refractivity (Wildman–Crippen MR) is 118 cm³/mol. The fourth-order valence-electron chi connectivity index (χ4n) is 3.96. The standard InChI is InChI=1S/C20H19N7O3S/c1-25-16(28)15(17(29)26(2)20(25)30)13-8-14(27-18(22-13)23-19(24-27)31-3)11-9-21-12-7-5-4-6-10(11)12/h4-7,9,14,21,28H,8H2,1-3H3/t14-/m0/s1. The molecular weight excluding hydrogens is 418 g/mol. The Kier molecular flexibility index (Phi) is 4.36. The van der Waals surface area contributed by atoms with Crippen LogP contribution in [0.15, 0.2) is 50.2 Å². The molecule has 158 valence electrons. The highest BCUT2D eigenvalue weighted by Gasteiger charge is 2.32. The van der Waals surface area contributed by atoms with Crippen molar-refractivity contribution in [2.45, 2.75) is 17.6 Å². The number of aromatic amines is 1. The highest BCUT2D eigenvalue weighted by Crippen LogP contribution is 2.37. The molecule has 4 aromatic rings. The average molecular weight is 437 g/mol. The van der Waals surface area contributed by atoms with Gasteiger partial charge in [0.05, 0.1) is 11.8 Å². The quantitative estimate of drug-likeness (QED) is 0.470. The minimum atomic E-state index is -0.608. The molecule has 31 heavy (non-hydrogen) atoms. The van der Waals surface area contributed by atoms with Gasteiger partial charge in [0.2, 0.25) is 17.0 Å². The minimum Gasteiger partial charge on any atom is -0.494 e. The summed E-state index contributed by atoms with van der Waals surface area (Å²) >= 11 is 1.39. The molecule has 2 N–H and O–H groups in total. The van der Waals surface area contributed by atoms with E-state index < -0.39 is 17.1 Å². The van der Waals surface area contributed by atoms with Crippen LogP contribution >= 0.6 is 11.8 Å². The van der Waals surface area contributed by atoms with Gasteiger partial charge in [-0.15, -0.1) is 5.10 Å². The Bertz CT molecular complexity index is 1490. The van der Waals surface area contributed by atoms with E-state index in [2.05, 4.69) is 20.1 Å². The Hall–Kier alpha value is -3.60. The molecule has 0 saturated heterocycles.